The van der Waals surface area contributed by atoms with Gasteiger partial charge in [0.05, 0.1) is 12.8 Å². The number of carbonyl (C=O) groups excluding carboxylic acids is 2. The zero-order chi connectivity index (χ0) is 21.5. The summed E-state index contributed by atoms with van der Waals surface area (Å²) in [5, 5.41) is 8.69. The molecule has 0 aliphatic rings. The smallest absolute Gasteiger partial charge is 0.325 e. The minimum absolute atomic E-state index is 0.208. The maximum Gasteiger partial charge on any atom is 0.325 e. The Morgan fingerprint density at radius 2 is 1.83 bits per heavy atom. The molecule has 1 aromatic heterocycles. The normalized spacial score (nSPS) is 10.4. The van der Waals surface area contributed by atoms with Crippen LogP contribution in [0.25, 0.3) is 0 Å². The van der Waals surface area contributed by atoms with Gasteiger partial charge < -0.3 is 15.4 Å². The van der Waals surface area contributed by atoms with Gasteiger partial charge in [-0.15, -0.1) is 0 Å². The Morgan fingerprint density at radius 1 is 1.07 bits per heavy atom. The summed E-state index contributed by atoms with van der Waals surface area (Å²) in [6, 6.07) is 14.8. The molecule has 3 rings (SSSR count). The van der Waals surface area contributed by atoms with Crippen LogP contribution in [-0.2, 0) is 6.42 Å². The van der Waals surface area contributed by atoms with Crippen molar-refractivity contribution >= 4 is 34.1 Å². The molecule has 3 aromatic rings. The summed E-state index contributed by atoms with van der Waals surface area (Å²) in [6.45, 7) is 4.21. The maximum absolute atomic E-state index is 12.5. The van der Waals surface area contributed by atoms with Crippen molar-refractivity contribution in [3.05, 3.63) is 70.2 Å². The van der Waals surface area contributed by atoms with Crippen LogP contribution in [0.15, 0.2) is 48.5 Å². The van der Waals surface area contributed by atoms with E-state index in [1.54, 1.807) is 14.0 Å². The highest BCUT2D eigenvalue weighted by Crippen LogP contribution is 2.23. The molecule has 0 bridgehead atoms. The van der Waals surface area contributed by atoms with Crippen LogP contribution in [0.4, 0.5) is 15.6 Å². The molecule has 2 aromatic carbocycles. The van der Waals surface area contributed by atoms with Gasteiger partial charge in [-0.2, -0.15) is 0 Å². The number of benzene rings is 2. The molecule has 8 heteroatoms. The lowest BCUT2D eigenvalue weighted by Gasteiger charge is -2.06. The van der Waals surface area contributed by atoms with Crippen molar-refractivity contribution in [2.24, 2.45) is 0 Å². The van der Waals surface area contributed by atoms with Crippen molar-refractivity contribution in [3.8, 4) is 5.75 Å². The lowest BCUT2D eigenvalue weighted by atomic mass is 10.1. The standard InChI is InChI=1S/C22H24N4O3S/c1-14-7-9-17(10-8-14)25-21(28)26-22-24-15(2)19(30-22)20(27)23-12-11-16-5-4-6-18(13-16)29-3/h4-10,13H,11-12H2,1-3H3,(H,23,27)(H2,24,25,26,28). The number of methoxy groups -OCH3 is 1. The van der Waals surface area contributed by atoms with Gasteiger partial charge in [-0.3, -0.25) is 10.1 Å². The fraction of sp³-hybridized carbons (Fsp3) is 0.227. The van der Waals surface area contributed by atoms with Crippen LogP contribution in [0.2, 0.25) is 0 Å². The molecule has 0 spiro atoms. The first-order valence-electron chi connectivity index (χ1n) is 9.48. The van der Waals surface area contributed by atoms with E-state index in [9.17, 15) is 9.59 Å². The van der Waals surface area contributed by atoms with Gasteiger partial charge in [-0.25, -0.2) is 9.78 Å². The molecule has 30 heavy (non-hydrogen) atoms. The quantitative estimate of drug-likeness (QED) is 0.525. The molecule has 0 aliphatic heterocycles. The Labute approximate surface area is 179 Å². The molecule has 0 unspecified atom stereocenters. The summed E-state index contributed by atoms with van der Waals surface area (Å²) >= 11 is 1.15. The van der Waals surface area contributed by atoms with Crippen molar-refractivity contribution in [2.75, 3.05) is 24.3 Å². The number of rotatable bonds is 7. The highest BCUT2D eigenvalue weighted by molar-refractivity contribution is 7.17. The molecular weight excluding hydrogens is 400 g/mol. The molecule has 7 nitrogen and oxygen atoms in total. The average Bonchev–Trinajstić information content (AvgIpc) is 3.09. The predicted octanol–water partition coefficient (Wildman–Crippen LogP) is 4.39. The predicted molar refractivity (Wildman–Crippen MR) is 120 cm³/mol. The van der Waals surface area contributed by atoms with Crippen LogP contribution in [0.3, 0.4) is 0 Å². The molecule has 0 radical (unpaired) electrons. The fourth-order valence-corrected chi connectivity index (χ4v) is 3.66. The number of amides is 3. The minimum Gasteiger partial charge on any atom is -0.497 e. The van der Waals surface area contributed by atoms with Crippen molar-refractivity contribution < 1.29 is 14.3 Å². The van der Waals surface area contributed by atoms with Crippen molar-refractivity contribution in [2.45, 2.75) is 20.3 Å². The Balaban J connectivity index is 1.53. The van der Waals surface area contributed by atoms with Gasteiger partial charge in [0, 0.05) is 12.2 Å². The van der Waals surface area contributed by atoms with Crippen LogP contribution in [0, 0.1) is 13.8 Å². The lowest BCUT2D eigenvalue weighted by Crippen LogP contribution is -2.25. The molecule has 0 aliphatic carbocycles. The largest absolute Gasteiger partial charge is 0.497 e. The third-order valence-electron chi connectivity index (χ3n) is 4.37. The van der Waals surface area contributed by atoms with E-state index < -0.39 is 6.03 Å². The summed E-state index contributed by atoms with van der Waals surface area (Å²) < 4.78 is 5.21. The number of thiazole rings is 1. The van der Waals surface area contributed by atoms with Crippen LogP contribution in [0.1, 0.15) is 26.5 Å². The number of hydrogen-bond donors (Lipinski definition) is 3. The number of aromatic nitrogens is 1. The van der Waals surface area contributed by atoms with Gasteiger partial charge in [0.2, 0.25) is 0 Å². The van der Waals surface area contributed by atoms with Gasteiger partial charge in [0.25, 0.3) is 5.91 Å². The van der Waals surface area contributed by atoms with Gasteiger partial charge >= 0.3 is 6.03 Å². The zero-order valence-corrected chi connectivity index (χ0v) is 17.9. The number of urea groups is 1. The zero-order valence-electron chi connectivity index (χ0n) is 17.1. The summed E-state index contributed by atoms with van der Waals surface area (Å²) in [4.78, 5) is 29.4. The highest BCUT2D eigenvalue weighted by atomic mass is 32.1. The summed E-state index contributed by atoms with van der Waals surface area (Å²) in [6.07, 6.45) is 0.685. The number of ether oxygens (including phenoxy) is 1. The van der Waals surface area contributed by atoms with Gasteiger partial charge in [0.15, 0.2) is 5.13 Å². The SMILES string of the molecule is COc1cccc(CCNC(=O)c2sc(NC(=O)Nc3ccc(C)cc3)nc2C)c1. The number of anilines is 2. The second-order valence-electron chi connectivity index (χ2n) is 6.74. The van der Waals surface area contributed by atoms with Crippen molar-refractivity contribution in [1.82, 2.24) is 10.3 Å². The first kappa shape index (κ1) is 21.3. The van der Waals surface area contributed by atoms with Crippen LogP contribution < -0.4 is 20.7 Å². The van der Waals surface area contributed by atoms with Gasteiger partial charge in [-0.05, 0) is 50.1 Å². The van der Waals surface area contributed by atoms with E-state index in [4.69, 9.17) is 4.74 Å². The van der Waals surface area contributed by atoms with Crippen LogP contribution in [0.5, 0.6) is 5.75 Å². The third kappa shape index (κ3) is 5.81. The molecule has 0 saturated carbocycles. The molecule has 3 amide bonds. The molecule has 0 atom stereocenters. The molecule has 0 fully saturated rings. The molecule has 0 saturated heterocycles. The van der Waals surface area contributed by atoms with E-state index in [-0.39, 0.29) is 5.91 Å². The summed E-state index contributed by atoms with van der Waals surface area (Å²) in [5.41, 5.74) is 3.44. The number of nitrogens with zero attached hydrogens (tertiary/aromatic N) is 1. The third-order valence-corrected chi connectivity index (χ3v) is 5.44. The number of aryl methyl sites for hydroxylation is 2. The van der Waals surface area contributed by atoms with E-state index >= 15 is 0 Å². The lowest BCUT2D eigenvalue weighted by molar-refractivity contribution is 0.0957. The monoisotopic (exact) mass is 424 g/mol. The summed E-state index contributed by atoms with van der Waals surface area (Å²) in [5.74, 6) is 0.580. The minimum atomic E-state index is -0.405. The Morgan fingerprint density at radius 3 is 2.57 bits per heavy atom. The Bertz CT molecular complexity index is 1030. The molecule has 3 N–H and O–H groups in total. The molecule has 156 valence electrons. The molecule has 1 heterocycles. The van der Waals surface area contributed by atoms with E-state index in [0.29, 0.717) is 34.4 Å². The van der Waals surface area contributed by atoms with Gasteiger partial charge in [-0.1, -0.05) is 41.2 Å². The summed E-state index contributed by atoms with van der Waals surface area (Å²) in [7, 11) is 1.63. The first-order chi connectivity index (χ1) is 14.4. The van der Waals surface area contributed by atoms with Crippen LogP contribution >= 0.6 is 11.3 Å². The fourth-order valence-electron chi connectivity index (χ4n) is 2.79. The van der Waals surface area contributed by atoms with Crippen LogP contribution in [-0.4, -0.2) is 30.6 Å². The van der Waals surface area contributed by atoms with E-state index in [0.717, 1.165) is 28.2 Å². The van der Waals surface area contributed by atoms with Gasteiger partial charge in [0.1, 0.15) is 10.6 Å². The van der Waals surface area contributed by atoms with E-state index in [1.165, 1.54) is 0 Å². The molecular formula is C22H24N4O3S. The number of carbonyl (C=O) groups is 2. The number of hydrogen-bond acceptors (Lipinski definition) is 5. The maximum atomic E-state index is 12.5. The number of nitrogens with one attached hydrogen (secondary N) is 3. The highest BCUT2D eigenvalue weighted by Gasteiger charge is 2.16. The van der Waals surface area contributed by atoms with E-state index in [1.807, 2.05) is 55.5 Å². The van der Waals surface area contributed by atoms with Crippen molar-refractivity contribution in [3.63, 3.8) is 0 Å². The average molecular weight is 425 g/mol. The van der Waals surface area contributed by atoms with Crippen molar-refractivity contribution in [1.29, 1.82) is 0 Å². The van der Waals surface area contributed by atoms with E-state index in [2.05, 4.69) is 20.9 Å². The Hall–Kier alpha value is -3.39. The topological polar surface area (TPSA) is 92.4 Å². The second-order valence-corrected chi connectivity index (χ2v) is 7.74. The Kier molecular flexibility index (Phi) is 7.03. The first-order valence-corrected chi connectivity index (χ1v) is 10.3. The second kappa shape index (κ2) is 9.89.